The molecule has 0 spiro atoms. The topological polar surface area (TPSA) is 135 Å². The Morgan fingerprint density at radius 1 is 0.966 bits per heavy atom. The summed E-state index contributed by atoms with van der Waals surface area (Å²) in [5, 5.41) is 0.979. The van der Waals surface area contributed by atoms with Gasteiger partial charge in [-0.05, 0) is 24.3 Å². The Kier molecular flexibility index (Phi) is 5.00. The van der Waals surface area contributed by atoms with Crippen molar-refractivity contribution in [2.24, 2.45) is 0 Å². The van der Waals surface area contributed by atoms with Crippen molar-refractivity contribution >= 4 is 34.6 Å². The molecule has 2 aromatic carbocycles. The number of aromatic nitrogens is 5. The molecule has 0 aliphatic heterocycles. The molecular formula is C19H17N7O2S. The fourth-order valence-electron chi connectivity index (χ4n) is 2.89. The number of hydrogen-bond acceptors (Lipinski definition) is 9. The minimum atomic E-state index is -0.197. The van der Waals surface area contributed by atoms with Gasteiger partial charge in [-0.15, -0.1) is 0 Å². The van der Waals surface area contributed by atoms with E-state index >= 15 is 0 Å². The molecule has 0 amide bonds. The minimum absolute atomic E-state index is 0.0432. The minimum Gasteiger partial charge on any atom is -0.495 e. The zero-order chi connectivity index (χ0) is 20.4. The maximum Gasteiger partial charge on any atom is 0.266 e. The van der Waals surface area contributed by atoms with E-state index in [1.165, 1.54) is 16.3 Å². The third kappa shape index (κ3) is 3.69. The van der Waals surface area contributed by atoms with Gasteiger partial charge in [-0.2, -0.15) is 15.0 Å². The summed E-state index contributed by atoms with van der Waals surface area (Å²) in [5.41, 5.74) is 12.3. The normalized spacial score (nSPS) is 10.9. The molecule has 0 aliphatic rings. The Morgan fingerprint density at radius 3 is 2.41 bits per heavy atom. The molecule has 29 heavy (non-hydrogen) atoms. The maximum absolute atomic E-state index is 13.3. The average Bonchev–Trinajstić information content (AvgIpc) is 2.72. The number of nitrogens with two attached hydrogens (primary N) is 2. The molecule has 4 rings (SSSR count). The van der Waals surface area contributed by atoms with Crippen LogP contribution in [0.15, 0.2) is 58.5 Å². The first-order valence-electron chi connectivity index (χ1n) is 8.60. The largest absolute Gasteiger partial charge is 0.495 e. The lowest BCUT2D eigenvalue weighted by atomic mass is 10.2. The number of nitrogen functional groups attached to an aromatic ring is 2. The lowest BCUT2D eigenvalue weighted by molar-refractivity contribution is 0.411. The molecule has 0 saturated heterocycles. The van der Waals surface area contributed by atoms with E-state index in [1.807, 2.05) is 18.2 Å². The summed E-state index contributed by atoms with van der Waals surface area (Å²) in [7, 11) is 1.56. The molecule has 0 atom stereocenters. The van der Waals surface area contributed by atoms with Crippen LogP contribution in [0.5, 0.6) is 5.75 Å². The zero-order valence-electron chi connectivity index (χ0n) is 15.4. The average molecular weight is 407 g/mol. The van der Waals surface area contributed by atoms with Crippen molar-refractivity contribution in [3.05, 3.63) is 64.7 Å². The van der Waals surface area contributed by atoms with Crippen LogP contribution in [0.4, 0.5) is 11.9 Å². The van der Waals surface area contributed by atoms with Crippen molar-refractivity contribution in [3.8, 4) is 11.4 Å². The fourth-order valence-corrected chi connectivity index (χ4v) is 3.75. The number of anilines is 2. The van der Waals surface area contributed by atoms with Gasteiger partial charge in [0.1, 0.15) is 11.6 Å². The van der Waals surface area contributed by atoms with Gasteiger partial charge in [0, 0.05) is 0 Å². The van der Waals surface area contributed by atoms with E-state index in [-0.39, 0.29) is 17.5 Å². The van der Waals surface area contributed by atoms with Crippen molar-refractivity contribution < 1.29 is 4.74 Å². The molecule has 4 N–H and O–H groups in total. The first-order valence-corrected chi connectivity index (χ1v) is 9.59. The van der Waals surface area contributed by atoms with Gasteiger partial charge in [0.15, 0.2) is 5.16 Å². The Hall–Kier alpha value is -3.66. The van der Waals surface area contributed by atoms with Crippen LogP contribution in [0, 0.1) is 0 Å². The highest BCUT2D eigenvalue weighted by Gasteiger charge is 2.17. The number of benzene rings is 2. The van der Waals surface area contributed by atoms with Crippen LogP contribution in [-0.4, -0.2) is 31.6 Å². The standard InChI is InChI=1S/C19H17N7O2S/c1-28-14-9-5-4-8-13(14)26-16(27)11-6-2-3-7-12(11)22-19(26)29-10-15-23-17(20)25-18(21)24-15/h2-9H,10H2,1H3,(H4,20,21,23,24,25). The van der Waals surface area contributed by atoms with Crippen molar-refractivity contribution in [3.63, 3.8) is 0 Å². The molecular weight excluding hydrogens is 390 g/mol. The second-order valence-electron chi connectivity index (χ2n) is 5.98. The van der Waals surface area contributed by atoms with Crippen molar-refractivity contribution in [2.45, 2.75) is 10.9 Å². The van der Waals surface area contributed by atoms with Crippen molar-refractivity contribution in [1.82, 2.24) is 24.5 Å². The fraction of sp³-hybridized carbons (Fsp3) is 0.105. The van der Waals surface area contributed by atoms with Crippen LogP contribution in [0.1, 0.15) is 5.82 Å². The molecule has 146 valence electrons. The number of thioether (sulfide) groups is 1. The van der Waals surface area contributed by atoms with Gasteiger partial charge in [-0.25, -0.2) is 4.98 Å². The van der Waals surface area contributed by atoms with Crippen LogP contribution in [0.2, 0.25) is 0 Å². The number of rotatable bonds is 5. The number of methoxy groups -OCH3 is 1. The summed E-state index contributed by atoms with van der Waals surface area (Å²) >= 11 is 1.29. The predicted octanol–water partition coefficient (Wildman–Crippen LogP) is 2.04. The third-order valence-electron chi connectivity index (χ3n) is 4.12. The van der Waals surface area contributed by atoms with Crippen LogP contribution in [0.3, 0.4) is 0 Å². The van der Waals surface area contributed by atoms with E-state index in [2.05, 4.69) is 19.9 Å². The molecule has 4 aromatic rings. The molecule has 10 heteroatoms. The third-order valence-corrected chi connectivity index (χ3v) is 5.05. The first kappa shape index (κ1) is 18.7. The van der Waals surface area contributed by atoms with Gasteiger partial charge in [0.25, 0.3) is 5.56 Å². The number of nitrogens with zero attached hydrogens (tertiary/aromatic N) is 5. The summed E-state index contributed by atoms with van der Waals surface area (Å²) in [6, 6.07) is 14.5. The van der Waals surface area contributed by atoms with Crippen LogP contribution in [0.25, 0.3) is 16.6 Å². The van der Waals surface area contributed by atoms with E-state index < -0.39 is 0 Å². The van der Waals surface area contributed by atoms with Crippen LogP contribution >= 0.6 is 11.8 Å². The van der Waals surface area contributed by atoms with E-state index in [0.29, 0.717) is 39.1 Å². The smallest absolute Gasteiger partial charge is 0.266 e. The van der Waals surface area contributed by atoms with E-state index in [9.17, 15) is 4.79 Å². The summed E-state index contributed by atoms with van der Waals surface area (Å²) in [6.07, 6.45) is 0. The van der Waals surface area contributed by atoms with Gasteiger partial charge in [0.2, 0.25) is 11.9 Å². The zero-order valence-corrected chi connectivity index (χ0v) is 16.3. The van der Waals surface area contributed by atoms with E-state index in [1.54, 1.807) is 37.4 Å². The Labute approximate surface area is 169 Å². The van der Waals surface area contributed by atoms with E-state index in [0.717, 1.165) is 0 Å². The Balaban J connectivity index is 1.86. The van der Waals surface area contributed by atoms with Gasteiger partial charge >= 0.3 is 0 Å². The Bertz CT molecular complexity index is 1240. The molecule has 0 radical (unpaired) electrons. The van der Waals surface area contributed by atoms with E-state index in [4.69, 9.17) is 16.2 Å². The summed E-state index contributed by atoms with van der Waals surface area (Å²) in [5.74, 6) is 1.34. The highest BCUT2D eigenvalue weighted by atomic mass is 32.2. The SMILES string of the molecule is COc1ccccc1-n1c(SCc2nc(N)nc(N)n2)nc2ccccc2c1=O. The quantitative estimate of drug-likeness (QED) is 0.376. The van der Waals surface area contributed by atoms with Gasteiger partial charge in [-0.1, -0.05) is 36.0 Å². The van der Waals surface area contributed by atoms with Crippen LogP contribution in [-0.2, 0) is 5.75 Å². The van der Waals surface area contributed by atoms with Crippen molar-refractivity contribution in [2.75, 3.05) is 18.6 Å². The Morgan fingerprint density at radius 2 is 1.66 bits per heavy atom. The number of fused-ring (bicyclic) bond motifs is 1. The number of para-hydroxylation sites is 3. The predicted molar refractivity (Wildman–Crippen MR) is 112 cm³/mol. The second-order valence-corrected chi connectivity index (χ2v) is 6.92. The van der Waals surface area contributed by atoms with Crippen molar-refractivity contribution in [1.29, 1.82) is 0 Å². The molecule has 2 heterocycles. The highest BCUT2D eigenvalue weighted by molar-refractivity contribution is 7.98. The summed E-state index contributed by atoms with van der Waals surface area (Å²) < 4.78 is 6.98. The summed E-state index contributed by atoms with van der Waals surface area (Å²) in [4.78, 5) is 29.9. The van der Waals surface area contributed by atoms with Crippen LogP contribution < -0.4 is 21.8 Å². The molecule has 0 unspecified atom stereocenters. The molecule has 0 bridgehead atoms. The number of ether oxygens (including phenoxy) is 1. The second kappa shape index (κ2) is 7.76. The first-order chi connectivity index (χ1) is 14.1. The van der Waals surface area contributed by atoms with Gasteiger partial charge in [-0.3, -0.25) is 9.36 Å². The molecule has 9 nitrogen and oxygen atoms in total. The number of hydrogen-bond donors (Lipinski definition) is 2. The monoisotopic (exact) mass is 407 g/mol. The molecule has 0 aliphatic carbocycles. The van der Waals surface area contributed by atoms with Gasteiger partial charge in [0.05, 0.1) is 29.5 Å². The molecule has 2 aromatic heterocycles. The lowest BCUT2D eigenvalue weighted by Gasteiger charge is -2.15. The lowest BCUT2D eigenvalue weighted by Crippen LogP contribution is -2.22. The molecule has 0 saturated carbocycles. The van der Waals surface area contributed by atoms with Gasteiger partial charge < -0.3 is 16.2 Å². The summed E-state index contributed by atoms with van der Waals surface area (Å²) in [6.45, 7) is 0. The highest BCUT2D eigenvalue weighted by Crippen LogP contribution is 2.28. The molecule has 0 fully saturated rings. The maximum atomic E-state index is 13.3.